The third kappa shape index (κ3) is 3.20. The van der Waals surface area contributed by atoms with Crippen molar-refractivity contribution >= 4 is 93.3 Å². The van der Waals surface area contributed by atoms with Gasteiger partial charge in [0.1, 0.15) is 16.7 Å². The Kier molecular flexibility index (Phi) is 4.45. The van der Waals surface area contributed by atoms with Crippen LogP contribution in [0.4, 0.5) is 17.1 Å². The number of halogens is 1. The summed E-state index contributed by atoms with van der Waals surface area (Å²) in [4.78, 5) is 3.21. The van der Waals surface area contributed by atoms with Crippen molar-refractivity contribution in [3.05, 3.63) is 114 Å². The Morgan fingerprint density at radius 2 is 1.27 bits per heavy atom. The first kappa shape index (κ1) is 20.9. The Morgan fingerprint density at radius 3 is 2.19 bits per heavy atom. The Hall–Kier alpha value is -4.25. The number of hydrogen-bond acceptors (Lipinski definition) is 4. The number of fused-ring (bicyclic) bond motifs is 8. The third-order valence-electron chi connectivity index (χ3n) is 6.95. The summed E-state index contributed by atoms with van der Waals surface area (Å²) in [7, 11) is 0. The van der Waals surface area contributed by atoms with Crippen LogP contribution in [-0.2, 0) is 0 Å². The van der Waals surface area contributed by atoms with E-state index >= 15 is 0 Å². The lowest BCUT2D eigenvalue weighted by Crippen LogP contribution is -2.09. The molecule has 0 fully saturated rings. The second-order valence-electron chi connectivity index (χ2n) is 9.14. The SMILES string of the molecule is Clc1ccc2oc3sc4cc(N(c5ccccc5)c5ccc6oc7ccccc7c6c5)ccc4c3c2c1. The summed E-state index contributed by atoms with van der Waals surface area (Å²) < 4.78 is 13.4. The molecule has 3 aromatic heterocycles. The van der Waals surface area contributed by atoms with Crippen LogP contribution in [0.1, 0.15) is 0 Å². The molecule has 0 aliphatic rings. The molecule has 0 saturated carbocycles. The van der Waals surface area contributed by atoms with E-state index < -0.39 is 0 Å². The normalized spacial score (nSPS) is 11.9. The highest BCUT2D eigenvalue weighted by Crippen LogP contribution is 2.45. The van der Waals surface area contributed by atoms with E-state index in [0.717, 1.165) is 60.3 Å². The average molecular weight is 516 g/mol. The van der Waals surface area contributed by atoms with Crippen LogP contribution >= 0.6 is 22.9 Å². The van der Waals surface area contributed by atoms with E-state index in [-0.39, 0.29) is 0 Å². The van der Waals surface area contributed by atoms with E-state index in [4.69, 9.17) is 20.4 Å². The Labute approximate surface area is 220 Å². The maximum atomic E-state index is 6.31. The molecule has 176 valence electrons. The van der Waals surface area contributed by atoms with Crippen molar-refractivity contribution in [2.75, 3.05) is 4.90 Å². The quantitative estimate of drug-likeness (QED) is 0.234. The summed E-state index contributed by atoms with van der Waals surface area (Å²) in [6, 6.07) is 37.5. The summed E-state index contributed by atoms with van der Waals surface area (Å²) >= 11 is 7.98. The van der Waals surface area contributed by atoms with Gasteiger partial charge in [0.05, 0.1) is 0 Å². The molecule has 8 aromatic rings. The zero-order valence-corrected chi connectivity index (χ0v) is 21.0. The predicted molar refractivity (Wildman–Crippen MR) is 156 cm³/mol. The fourth-order valence-electron chi connectivity index (χ4n) is 5.29. The zero-order valence-electron chi connectivity index (χ0n) is 19.4. The van der Waals surface area contributed by atoms with Crippen LogP contribution in [0, 0.1) is 0 Å². The number of furan rings is 2. The number of anilines is 3. The van der Waals surface area contributed by atoms with Gasteiger partial charge in [-0.1, -0.05) is 65.4 Å². The van der Waals surface area contributed by atoms with Gasteiger partial charge in [-0.3, -0.25) is 0 Å². The lowest BCUT2D eigenvalue weighted by molar-refractivity contribution is 0.669. The number of nitrogens with zero attached hydrogens (tertiary/aromatic N) is 1. The van der Waals surface area contributed by atoms with Crippen molar-refractivity contribution in [3.8, 4) is 0 Å². The number of rotatable bonds is 3. The standard InChI is InChI=1S/C32H18ClNO2S/c33-19-10-14-29-26(16-19)31-24-13-11-22(18-30(24)37-32(31)36-29)34(20-6-2-1-3-7-20)21-12-15-28-25(17-21)23-8-4-5-9-27(23)35-28/h1-18H. The first-order chi connectivity index (χ1) is 18.2. The van der Waals surface area contributed by atoms with Gasteiger partial charge in [0, 0.05) is 53.7 Å². The molecular weight excluding hydrogens is 498 g/mol. The van der Waals surface area contributed by atoms with Crippen molar-refractivity contribution in [1.82, 2.24) is 0 Å². The van der Waals surface area contributed by atoms with Crippen LogP contribution in [0.2, 0.25) is 5.02 Å². The molecule has 0 unspecified atom stereocenters. The Balaban J connectivity index is 1.35. The summed E-state index contributed by atoms with van der Waals surface area (Å²) in [6.07, 6.45) is 0. The molecule has 3 heterocycles. The lowest BCUT2D eigenvalue weighted by Gasteiger charge is -2.25. The summed E-state index contributed by atoms with van der Waals surface area (Å²) in [5.74, 6) is 0. The molecule has 37 heavy (non-hydrogen) atoms. The molecule has 3 nitrogen and oxygen atoms in total. The maximum absolute atomic E-state index is 6.31. The molecule has 5 aromatic carbocycles. The fourth-order valence-corrected chi connectivity index (χ4v) is 6.58. The first-order valence-corrected chi connectivity index (χ1v) is 13.2. The van der Waals surface area contributed by atoms with Gasteiger partial charge in [0.15, 0.2) is 4.90 Å². The summed E-state index contributed by atoms with van der Waals surface area (Å²) in [5.41, 5.74) is 5.89. The Morgan fingerprint density at radius 1 is 0.541 bits per heavy atom. The molecule has 0 bridgehead atoms. The summed E-state index contributed by atoms with van der Waals surface area (Å²) in [6.45, 7) is 0. The van der Waals surface area contributed by atoms with Gasteiger partial charge in [-0.15, -0.1) is 0 Å². The highest BCUT2D eigenvalue weighted by Gasteiger charge is 2.19. The molecular formula is C32H18ClNO2S. The number of para-hydroxylation sites is 2. The topological polar surface area (TPSA) is 29.5 Å². The third-order valence-corrected chi connectivity index (χ3v) is 8.21. The Bertz CT molecular complexity index is 2120. The van der Waals surface area contributed by atoms with E-state index in [1.54, 1.807) is 11.3 Å². The first-order valence-electron chi connectivity index (χ1n) is 12.0. The average Bonchev–Trinajstić information content (AvgIpc) is 3.58. The minimum Gasteiger partial charge on any atom is -0.456 e. The van der Waals surface area contributed by atoms with Gasteiger partial charge < -0.3 is 13.7 Å². The number of hydrogen-bond donors (Lipinski definition) is 0. The molecule has 0 saturated heterocycles. The highest BCUT2D eigenvalue weighted by atomic mass is 35.5. The van der Waals surface area contributed by atoms with Crippen LogP contribution in [0.3, 0.4) is 0 Å². The van der Waals surface area contributed by atoms with Gasteiger partial charge in [-0.25, -0.2) is 0 Å². The van der Waals surface area contributed by atoms with E-state index in [9.17, 15) is 0 Å². The minimum atomic E-state index is 0.712. The van der Waals surface area contributed by atoms with E-state index in [0.29, 0.717) is 5.02 Å². The predicted octanol–water partition coefficient (Wildman–Crippen LogP) is 10.8. The lowest BCUT2D eigenvalue weighted by atomic mass is 10.1. The molecule has 0 atom stereocenters. The van der Waals surface area contributed by atoms with Crippen molar-refractivity contribution in [1.29, 1.82) is 0 Å². The van der Waals surface area contributed by atoms with Gasteiger partial charge in [-0.05, 0) is 66.7 Å². The van der Waals surface area contributed by atoms with Gasteiger partial charge in [0.25, 0.3) is 0 Å². The second kappa shape index (κ2) is 7.87. The van der Waals surface area contributed by atoms with Crippen molar-refractivity contribution < 1.29 is 8.83 Å². The van der Waals surface area contributed by atoms with Gasteiger partial charge in [0.2, 0.25) is 0 Å². The van der Waals surface area contributed by atoms with E-state index in [2.05, 4.69) is 77.7 Å². The van der Waals surface area contributed by atoms with Crippen LogP contribution in [0.15, 0.2) is 118 Å². The summed E-state index contributed by atoms with van der Waals surface area (Å²) in [5, 5.41) is 6.29. The van der Waals surface area contributed by atoms with Gasteiger partial charge in [-0.2, -0.15) is 0 Å². The van der Waals surface area contributed by atoms with Crippen molar-refractivity contribution in [2.24, 2.45) is 0 Å². The van der Waals surface area contributed by atoms with Crippen LogP contribution in [-0.4, -0.2) is 0 Å². The molecule has 5 heteroatoms. The fraction of sp³-hybridized carbons (Fsp3) is 0. The van der Waals surface area contributed by atoms with Crippen LogP contribution < -0.4 is 4.90 Å². The van der Waals surface area contributed by atoms with Crippen molar-refractivity contribution in [2.45, 2.75) is 0 Å². The molecule has 0 N–H and O–H groups in total. The van der Waals surface area contributed by atoms with Crippen LogP contribution in [0.25, 0.3) is 53.3 Å². The molecule has 0 amide bonds. The highest BCUT2D eigenvalue weighted by molar-refractivity contribution is 7.25. The largest absolute Gasteiger partial charge is 0.456 e. The molecule has 0 aliphatic heterocycles. The number of benzene rings is 5. The van der Waals surface area contributed by atoms with Gasteiger partial charge >= 0.3 is 0 Å². The van der Waals surface area contributed by atoms with Crippen LogP contribution in [0.5, 0.6) is 0 Å². The van der Waals surface area contributed by atoms with E-state index in [1.807, 2.05) is 36.4 Å². The monoisotopic (exact) mass is 515 g/mol. The maximum Gasteiger partial charge on any atom is 0.190 e. The number of thiophene rings is 1. The minimum absolute atomic E-state index is 0.712. The second-order valence-corrected chi connectivity index (χ2v) is 10.6. The zero-order chi connectivity index (χ0) is 24.5. The smallest absolute Gasteiger partial charge is 0.190 e. The molecule has 0 spiro atoms. The molecule has 0 radical (unpaired) electrons. The van der Waals surface area contributed by atoms with E-state index in [1.165, 1.54) is 10.1 Å². The van der Waals surface area contributed by atoms with Crippen molar-refractivity contribution in [3.63, 3.8) is 0 Å². The molecule has 0 aliphatic carbocycles. The molecule has 8 rings (SSSR count).